The summed E-state index contributed by atoms with van der Waals surface area (Å²) in [5, 5.41) is 7.21. The van der Waals surface area contributed by atoms with Crippen molar-refractivity contribution in [2.45, 2.75) is 10.1 Å². The van der Waals surface area contributed by atoms with Crippen molar-refractivity contribution in [3.8, 4) is 0 Å². The summed E-state index contributed by atoms with van der Waals surface area (Å²) in [6.45, 7) is 0. The third-order valence-corrected chi connectivity index (χ3v) is 4.72. The molecule has 0 saturated carbocycles. The van der Waals surface area contributed by atoms with Crippen molar-refractivity contribution in [3.05, 3.63) is 29.8 Å². The highest BCUT2D eigenvalue weighted by atomic mass is 32.2. The Morgan fingerprint density at radius 2 is 1.50 bits per heavy atom. The number of rotatable bonds is 4. The third kappa shape index (κ3) is 3.30. The van der Waals surface area contributed by atoms with Gasteiger partial charge in [0, 0.05) is 12.5 Å². The molecular formula is C10H12O6S2. The Morgan fingerprint density at radius 3 is 1.78 bits per heavy atom. The first-order valence-corrected chi connectivity index (χ1v) is 8.60. The molecule has 6 nitrogen and oxygen atoms in total. The van der Waals surface area contributed by atoms with Gasteiger partial charge in [0.15, 0.2) is 24.9 Å². The Bertz CT molecular complexity index is 655. The van der Waals surface area contributed by atoms with Gasteiger partial charge in [0.1, 0.15) is 0 Å². The molecule has 1 N–H and O–H groups in total. The average molecular weight is 292 g/mol. The van der Waals surface area contributed by atoms with Gasteiger partial charge < -0.3 is 5.11 Å². The van der Waals surface area contributed by atoms with Gasteiger partial charge in [0.25, 0.3) is 0 Å². The van der Waals surface area contributed by atoms with Crippen LogP contribution in [0.25, 0.3) is 0 Å². The second-order valence-electron chi connectivity index (χ2n) is 3.89. The molecular weight excluding hydrogens is 280 g/mol. The lowest BCUT2D eigenvalue weighted by molar-refractivity contribution is -0.136. The zero-order valence-corrected chi connectivity index (χ0v) is 11.3. The van der Waals surface area contributed by atoms with Gasteiger partial charge >= 0.3 is 5.97 Å². The molecule has 1 aromatic rings. The largest absolute Gasteiger partial charge is 0.480 e. The normalized spacial score (nSPS) is 14.1. The first-order valence-electron chi connectivity index (χ1n) is 4.75. The fourth-order valence-corrected chi connectivity index (χ4v) is 3.11. The predicted octanol–water partition coefficient (Wildman–Crippen LogP) is 0.260. The molecule has 0 aromatic heterocycles. The van der Waals surface area contributed by atoms with Crippen LogP contribution in [-0.4, -0.2) is 40.4 Å². The number of carboxylic acids is 1. The van der Waals surface area contributed by atoms with E-state index in [4.69, 9.17) is 5.11 Å². The molecule has 0 bridgehead atoms. The van der Waals surface area contributed by atoms with Crippen molar-refractivity contribution in [1.29, 1.82) is 0 Å². The van der Waals surface area contributed by atoms with Crippen LogP contribution in [0.15, 0.2) is 29.2 Å². The van der Waals surface area contributed by atoms with Crippen molar-refractivity contribution in [2.75, 3.05) is 12.5 Å². The lowest BCUT2D eigenvalue weighted by Crippen LogP contribution is -2.20. The summed E-state index contributed by atoms with van der Waals surface area (Å²) in [7, 11) is -7.21. The van der Waals surface area contributed by atoms with Gasteiger partial charge in [-0.2, -0.15) is 0 Å². The summed E-state index contributed by atoms with van der Waals surface area (Å²) in [6, 6.07) is 4.75. The minimum absolute atomic E-state index is 0.00360. The summed E-state index contributed by atoms with van der Waals surface area (Å²) in [5.74, 6) is -1.50. The van der Waals surface area contributed by atoms with E-state index in [9.17, 15) is 21.6 Å². The highest BCUT2D eigenvalue weighted by molar-refractivity contribution is 7.91. The second-order valence-corrected chi connectivity index (χ2v) is 8.04. The maximum absolute atomic E-state index is 11.4. The van der Waals surface area contributed by atoms with Crippen LogP contribution >= 0.6 is 0 Å². The first-order chi connectivity index (χ1) is 8.03. The number of hydrogen-bond acceptors (Lipinski definition) is 5. The number of carbonyl (C=O) groups is 1. The quantitative estimate of drug-likeness (QED) is 0.853. The number of benzene rings is 1. The molecule has 1 unspecified atom stereocenters. The lowest BCUT2D eigenvalue weighted by Gasteiger charge is -2.10. The Balaban J connectivity index is 3.31. The molecule has 0 aliphatic carbocycles. The van der Waals surface area contributed by atoms with Crippen LogP contribution in [0.5, 0.6) is 0 Å². The lowest BCUT2D eigenvalue weighted by atomic mass is 10.1. The number of aliphatic carboxylic acids is 1. The Morgan fingerprint density at radius 1 is 1.06 bits per heavy atom. The molecule has 0 saturated heterocycles. The summed E-state index contributed by atoms with van der Waals surface area (Å²) in [6.07, 6.45) is 1.82. The molecule has 1 atom stereocenters. The fourth-order valence-electron chi connectivity index (χ4n) is 1.46. The van der Waals surface area contributed by atoms with Gasteiger partial charge in [-0.05, 0) is 17.7 Å². The SMILES string of the molecule is CS(=O)(=O)c1ccc(C(C(=O)O)S(C)(=O)=O)cc1. The minimum atomic E-state index is -3.81. The highest BCUT2D eigenvalue weighted by Gasteiger charge is 2.30. The zero-order valence-electron chi connectivity index (χ0n) is 9.69. The van der Waals surface area contributed by atoms with Crippen LogP contribution in [0, 0.1) is 0 Å². The topological polar surface area (TPSA) is 106 Å². The maximum Gasteiger partial charge on any atom is 0.326 e. The van der Waals surface area contributed by atoms with E-state index in [1.54, 1.807) is 0 Å². The molecule has 100 valence electrons. The smallest absolute Gasteiger partial charge is 0.326 e. The number of carboxylic acid groups (broad SMARTS) is 1. The summed E-state index contributed by atoms with van der Waals surface area (Å²) in [5.41, 5.74) is 0.0254. The maximum atomic E-state index is 11.4. The van der Waals surface area contributed by atoms with Gasteiger partial charge in [0.2, 0.25) is 0 Å². The van der Waals surface area contributed by atoms with Crippen LogP contribution in [0.2, 0.25) is 0 Å². The summed E-state index contributed by atoms with van der Waals surface area (Å²) >= 11 is 0. The second kappa shape index (κ2) is 4.69. The minimum Gasteiger partial charge on any atom is -0.480 e. The molecule has 0 aliphatic heterocycles. The van der Waals surface area contributed by atoms with Crippen molar-refractivity contribution in [1.82, 2.24) is 0 Å². The van der Waals surface area contributed by atoms with E-state index in [-0.39, 0.29) is 10.5 Å². The van der Waals surface area contributed by atoms with Crippen molar-refractivity contribution >= 4 is 25.6 Å². The van der Waals surface area contributed by atoms with Gasteiger partial charge in [-0.15, -0.1) is 0 Å². The molecule has 0 radical (unpaired) electrons. The molecule has 0 spiro atoms. The van der Waals surface area contributed by atoms with Gasteiger partial charge in [-0.25, -0.2) is 16.8 Å². The Labute approximate surface area is 105 Å². The third-order valence-electron chi connectivity index (χ3n) is 2.26. The average Bonchev–Trinajstić information content (AvgIpc) is 2.13. The van der Waals surface area contributed by atoms with E-state index in [2.05, 4.69) is 0 Å². The van der Waals surface area contributed by atoms with Crippen LogP contribution < -0.4 is 0 Å². The van der Waals surface area contributed by atoms with Crippen LogP contribution in [0.3, 0.4) is 0 Å². The van der Waals surface area contributed by atoms with Gasteiger partial charge in [-0.1, -0.05) is 12.1 Å². The fraction of sp³-hybridized carbons (Fsp3) is 0.300. The molecule has 0 fully saturated rings. The van der Waals surface area contributed by atoms with Crippen LogP contribution in [0.1, 0.15) is 10.8 Å². The van der Waals surface area contributed by atoms with E-state index >= 15 is 0 Å². The van der Waals surface area contributed by atoms with E-state index in [1.807, 2.05) is 0 Å². The zero-order chi connectivity index (χ0) is 14.1. The Hall–Kier alpha value is -1.41. The van der Waals surface area contributed by atoms with Crippen molar-refractivity contribution < 1.29 is 26.7 Å². The molecule has 8 heteroatoms. The predicted molar refractivity (Wildman–Crippen MR) is 64.8 cm³/mol. The van der Waals surface area contributed by atoms with Crippen molar-refractivity contribution in [2.24, 2.45) is 0 Å². The van der Waals surface area contributed by atoms with E-state index in [1.165, 1.54) is 24.3 Å². The van der Waals surface area contributed by atoms with Gasteiger partial charge in [-0.3, -0.25) is 4.79 Å². The molecule has 0 aliphatic rings. The first kappa shape index (κ1) is 14.7. The van der Waals surface area contributed by atoms with E-state index < -0.39 is 30.9 Å². The standard InChI is InChI=1S/C10H12O6S2/c1-17(13,14)8-5-3-7(4-6-8)9(10(11)12)18(2,15)16/h3-6,9H,1-2H3,(H,11,12). The highest BCUT2D eigenvalue weighted by Crippen LogP contribution is 2.23. The molecule has 1 rings (SSSR count). The van der Waals surface area contributed by atoms with Crippen molar-refractivity contribution in [3.63, 3.8) is 0 Å². The van der Waals surface area contributed by atoms with E-state index in [0.717, 1.165) is 12.5 Å². The molecule has 0 heterocycles. The molecule has 0 amide bonds. The summed E-state index contributed by atoms with van der Waals surface area (Å²) < 4.78 is 45.1. The van der Waals surface area contributed by atoms with E-state index in [0.29, 0.717) is 0 Å². The van der Waals surface area contributed by atoms with Crippen LogP contribution in [0.4, 0.5) is 0 Å². The number of sulfone groups is 2. The number of hydrogen-bond donors (Lipinski definition) is 1. The Kier molecular flexibility index (Phi) is 3.82. The molecule has 1 aromatic carbocycles. The van der Waals surface area contributed by atoms with Crippen LogP contribution in [-0.2, 0) is 24.5 Å². The monoisotopic (exact) mass is 292 g/mol. The molecule has 18 heavy (non-hydrogen) atoms. The summed E-state index contributed by atoms with van der Waals surface area (Å²) in [4.78, 5) is 10.9. The van der Waals surface area contributed by atoms with Gasteiger partial charge in [0.05, 0.1) is 4.90 Å².